The normalized spacial score (nSPS) is 19.9. The molecular formula is C17H22F3N3O4S. The molecule has 0 bridgehead atoms. The van der Waals surface area contributed by atoms with Gasteiger partial charge in [0.05, 0.1) is 5.69 Å². The minimum absolute atomic E-state index is 0.195. The van der Waals surface area contributed by atoms with Gasteiger partial charge in [0.1, 0.15) is 16.2 Å². The molecule has 3 rings (SSSR count). The van der Waals surface area contributed by atoms with E-state index in [1.165, 1.54) is 16.1 Å². The molecule has 11 heteroatoms. The summed E-state index contributed by atoms with van der Waals surface area (Å²) in [5, 5.41) is 0. The number of likely N-dealkylation sites (tertiary alicyclic amines) is 1. The molecule has 1 amide bonds. The number of pyridine rings is 1. The number of amides is 1. The fourth-order valence-electron chi connectivity index (χ4n) is 3.41. The topological polar surface area (TPSA) is 79.8 Å². The van der Waals surface area contributed by atoms with E-state index in [4.69, 9.17) is 4.74 Å². The summed E-state index contributed by atoms with van der Waals surface area (Å²) in [6.07, 6.45) is -5.08. The summed E-state index contributed by atoms with van der Waals surface area (Å²) in [5.74, 6) is 0. The van der Waals surface area contributed by atoms with E-state index in [2.05, 4.69) is 4.98 Å². The van der Waals surface area contributed by atoms with Gasteiger partial charge in [0.15, 0.2) is 0 Å². The smallest absolute Gasteiger partial charge is 0.433 e. The van der Waals surface area contributed by atoms with Crippen molar-refractivity contribution in [1.82, 2.24) is 14.2 Å². The van der Waals surface area contributed by atoms with Crippen LogP contribution in [0.3, 0.4) is 0 Å². The molecular weight excluding hydrogens is 399 g/mol. The van der Waals surface area contributed by atoms with Crippen molar-refractivity contribution in [3.05, 3.63) is 23.5 Å². The van der Waals surface area contributed by atoms with Crippen molar-refractivity contribution in [3.63, 3.8) is 0 Å². The molecule has 0 N–H and O–H groups in total. The van der Waals surface area contributed by atoms with Gasteiger partial charge in [-0.15, -0.1) is 0 Å². The minimum atomic E-state index is -4.63. The third-order valence-corrected chi connectivity index (χ3v) is 6.60. The first-order chi connectivity index (χ1) is 12.6. The second kappa shape index (κ2) is 6.31. The quantitative estimate of drug-likeness (QED) is 0.734. The van der Waals surface area contributed by atoms with Gasteiger partial charge in [0.25, 0.3) is 0 Å². The van der Waals surface area contributed by atoms with Crippen LogP contribution in [0.25, 0.3) is 0 Å². The van der Waals surface area contributed by atoms with Gasteiger partial charge < -0.3 is 9.64 Å². The van der Waals surface area contributed by atoms with Crippen molar-refractivity contribution in [2.24, 2.45) is 5.41 Å². The fraction of sp³-hybridized carbons (Fsp3) is 0.647. The van der Waals surface area contributed by atoms with Crippen LogP contribution >= 0.6 is 0 Å². The summed E-state index contributed by atoms with van der Waals surface area (Å²) in [4.78, 5) is 16.7. The van der Waals surface area contributed by atoms with E-state index in [1.54, 1.807) is 20.8 Å². The van der Waals surface area contributed by atoms with Crippen LogP contribution in [-0.4, -0.2) is 60.5 Å². The SMILES string of the molecule is Cc1nc(C(F)(F)F)ccc1S(=O)(=O)N1CC2(CN(C(=O)OC(C)(C)C)C2)C1. The number of hydrogen-bond donors (Lipinski definition) is 0. The highest BCUT2D eigenvalue weighted by molar-refractivity contribution is 7.89. The first-order valence-electron chi connectivity index (χ1n) is 8.66. The van der Waals surface area contributed by atoms with Crippen LogP contribution in [0.15, 0.2) is 17.0 Å². The van der Waals surface area contributed by atoms with E-state index in [-0.39, 0.29) is 29.1 Å². The molecule has 0 atom stereocenters. The molecule has 1 aromatic heterocycles. The molecule has 28 heavy (non-hydrogen) atoms. The first-order valence-corrected chi connectivity index (χ1v) is 10.1. The third kappa shape index (κ3) is 3.82. The maximum Gasteiger partial charge on any atom is 0.433 e. The van der Waals surface area contributed by atoms with Crippen LogP contribution in [-0.2, 0) is 20.9 Å². The number of hydrogen-bond acceptors (Lipinski definition) is 5. The molecule has 7 nitrogen and oxygen atoms in total. The lowest BCUT2D eigenvalue weighted by atomic mass is 9.75. The number of nitrogens with zero attached hydrogens (tertiary/aromatic N) is 3. The fourth-order valence-corrected chi connectivity index (χ4v) is 5.23. The van der Waals surface area contributed by atoms with Crippen LogP contribution < -0.4 is 0 Å². The molecule has 156 valence electrons. The summed E-state index contributed by atoms with van der Waals surface area (Å²) in [6, 6.07) is 1.61. The number of aryl methyl sites for hydroxylation is 1. The van der Waals surface area contributed by atoms with E-state index in [9.17, 15) is 26.4 Å². The minimum Gasteiger partial charge on any atom is -0.444 e. The number of alkyl halides is 3. The zero-order chi connectivity index (χ0) is 21.1. The molecule has 1 spiro atoms. The summed E-state index contributed by atoms with van der Waals surface area (Å²) in [5.41, 5.74) is -2.25. The Morgan fingerprint density at radius 1 is 1.14 bits per heavy atom. The van der Waals surface area contributed by atoms with Gasteiger partial charge in [-0.2, -0.15) is 17.5 Å². The monoisotopic (exact) mass is 421 g/mol. The number of rotatable bonds is 2. The molecule has 2 aliphatic rings. The van der Waals surface area contributed by atoms with Crippen molar-refractivity contribution in [3.8, 4) is 0 Å². The molecule has 2 fully saturated rings. The third-order valence-electron chi connectivity index (χ3n) is 4.67. The Labute approximate surface area is 161 Å². The van der Waals surface area contributed by atoms with Crippen molar-refractivity contribution >= 4 is 16.1 Å². The Kier molecular flexibility index (Phi) is 4.70. The first kappa shape index (κ1) is 20.8. The van der Waals surface area contributed by atoms with Crippen LogP contribution in [0.1, 0.15) is 32.2 Å². The molecule has 0 aromatic carbocycles. The number of sulfonamides is 1. The second-order valence-corrected chi connectivity index (χ2v) is 10.3. The highest BCUT2D eigenvalue weighted by Crippen LogP contribution is 2.43. The molecule has 2 saturated heterocycles. The molecule has 0 unspecified atom stereocenters. The Morgan fingerprint density at radius 2 is 1.71 bits per heavy atom. The Morgan fingerprint density at radius 3 is 2.18 bits per heavy atom. The number of carbonyl (C=O) groups is 1. The van der Waals surface area contributed by atoms with Crippen LogP contribution in [0.2, 0.25) is 0 Å². The van der Waals surface area contributed by atoms with E-state index in [0.717, 1.165) is 6.07 Å². The average molecular weight is 421 g/mol. The van der Waals surface area contributed by atoms with E-state index >= 15 is 0 Å². The van der Waals surface area contributed by atoms with E-state index < -0.39 is 33.6 Å². The molecule has 0 aliphatic carbocycles. The van der Waals surface area contributed by atoms with Crippen LogP contribution in [0.4, 0.5) is 18.0 Å². The summed E-state index contributed by atoms with van der Waals surface area (Å²) < 4.78 is 70.1. The lowest BCUT2D eigenvalue weighted by Gasteiger charge is -2.58. The van der Waals surface area contributed by atoms with Crippen LogP contribution in [0, 0.1) is 12.3 Å². The van der Waals surface area contributed by atoms with Gasteiger partial charge >= 0.3 is 12.3 Å². The van der Waals surface area contributed by atoms with Crippen molar-refractivity contribution in [2.75, 3.05) is 26.2 Å². The van der Waals surface area contributed by atoms with Crippen molar-refractivity contribution in [1.29, 1.82) is 0 Å². The number of ether oxygens (including phenoxy) is 1. The van der Waals surface area contributed by atoms with Crippen LogP contribution in [0.5, 0.6) is 0 Å². The van der Waals surface area contributed by atoms with Gasteiger partial charge in [0, 0.05) is 31.6 Å². The standard InChI is InChI=1S/C17H22F3N3O4S/c1-11-12(5-6-13(21-11)17(18,19)20)28(25,26)23-9-16(10-23)7-22(8-16)14(24)27-15(2,3)4/h5-6H,7-10H2,1-4H3. The van der Waals surface area contributed by atoms with Gasteiger partial charge in [-0.3, -0.25) is 0 Å². The predicted octanol–water partition coefficient (Wildman–Crippen LogP) is 2.65. The maximum atomic E-state index is 12.7. The molecule has 1 aromatic rings. The van der Waals surface area contributed by atoms with Crippen molar-refractivity contribution in [2.45, 2.75) is 44.4 Å². The van der Waals surface area contributed by atoms with Gasteiger partial charge in [-0.1, -0.05) is 0 Å². The highest BCUT2D eigenvalue weighted by Gasteiger charge is 2.57. The molecule has 0 radical (unpaired) electrons. The molecule has 2 aliphatic heterocycles. The number of halogens is 3. The summed E-state index contributed by atoms with van der Waals surface area (Å²) >= 11 is 0. The van der Waals surface area contributed by atoms with Crippen molar-refractivity contribution < 1.29 is 31.1 Å². The lowest BCUT2D eigenvalue weighted by molar-refractivity contribution is -0.141. The van der Waals surface area contributed by atoms with E-state index in [0.29, 0.717) is 19.2 Å². The second-order valence-electron chi connectivity index (χ2n) is 8.39. The lowest BCUT2D eigenvalue weighted by Crippen LogP contribution is -2.73. The van der Waals surface area contributed by atoms with Gasteiger partial charge in [-0.05, 0) is 39.8 Å². The Hall–Kier alpha value is -1.88. The largest absolute Gasteiger partial charge is 0.444 e. The number of carbonyl (C=O) groups excluding carboxylic acids is 1. The highest BCUT2D eigenvalue weighted by atomic mass is 32.2. The Balaban J connectivity index is 1.64. The zero-order valence-electron chi connectivity index (χ0n) is 16.0. The maximum absolute atomic E-state index is 12.7. The van der Waals surface area contributed by atoms with Gasteiger partial charge in [0.2, 0.25) is 10.0 Å². The molecule has 3 heterocycles. The van der Waals surface area contributed by atoms with E-state index in [1.807, 2.05) is 0 Å². The average Bonchev–Trinajstić information content (AvgIpc) is 2.40. The zero-order valence-corrected chi connectivity index (χ0v) is 16.8. The number of aromatic nitrogens is 1. The summed E-state index contributed by atoms with van der Waals surface area (Å²) in [7, 11) is -3.94. The summed E-state index contributed by atoms with van der Waals surface area (Å²) in [6.45, 7) is 7.71. The molecule has 0 saturated carbocycles. The predicted molar refractivity (Wildman–Crippen MR) is 93.0 cm³/mol. The van der Waals surface area contributed by atoms with Gasteiger partial charge in [-0.25, -0.2) is 18.2 Å². The Bertz CT molecular complexity index is 895.